The molecule has 3 rings (SSSR count). The molecule has 1 saturated carbocycles. The summed E-state index contributed by atoms with van der Waals surface area (Å²) in [6, 6.07) is 13.0. The number of ether oxygens (including phenoxy) is 1. The molecule has 2 N–H and O–H groups in total. The minimum absolute atomic E-state index is 0.117. The summed E-state index contributed by atoms with van der Waals surface area (Å²) < 4.78 is 5.22. The van der Waals surface area contributed by atoms with Crippen molar-refractivity contribution in [3.63, 3.8) is 0 Å². The van der Waals surface area contributed by atoms with E-state index in [-0.39, 0.29) is 29.9 Å². The van der Waals surface area contributed by atoms with Gasteiger partial charge in [-0.05, 0) is 54.7 Å². The first-order valence-corrected chi connectivity index (χ1v) is 10.2. The lowest BCUT2D eigenvalue weighted by atomic mass is 9.78. The van der Waals surface area contributed by atoms with Gasteiger partial charge >= 0.3 is 5.97 Å². The Kier molecular flexibility index (Phi) is 7.17. The molecule has 7 heteroatoms. The van der Waals surface area contributed by atoms with E-state index < -0.39 is 5.97 Å². The first kappa shape index (κ1) is 21.5. The Morgan fingerprint density at radius 1 is 1.07 bits per heavy atom. The monoisotopic (exact) mass is 409 g/mol. The lowest BCUT2D eigenvalue weighted by molar-refractivity contribution is -0.125. The van der Waals surface area contributed by atoms with Crippen LogP contribution in [0.5, 0.6) is 5.75 Å². The van der Waals surface area contributed by atoms with Crippen LogP contribution in [0, 0.1) is 11.8 Å². The third kappa shape index (κ3) is 5.65. The van der Waals surface area contributed by atoms with Crippen molar-refractivity contribution in [3.05, 3.63) is 54.1 Å². The van der Waals surface area contributed by atoms with Crippen molar-refractivity contribution in [3.8, 4) is 5.75 Å². The lowest BCUT2D eigenvalue weighted by Crippen LogP contribution is -2.45. The van der Waals surface area contributed by atoms with Gasteiger partial charge in [0.15, 0.2) is 6.61 Å². The van der Waals surface area contributed by atoms with Crippen molar-refractivity contribution < 1.29 is 19.4 Å². The number of nitrogens with zero attached hydrogens (tertiary/aromatic N) is 2. The van der Waals surface area contributed by atoms with Crippen LogP contribution in [0.2, 0.25) is 0 Å². The second kappa shape index (κ2) is 10.0. The van der Waals surface area contributed by atoms with Crippen LogP contribution in [0.25, 0.3) is 0 Å². The highest BCUT2D eigenvalue weighted by atomic mass is 16.5. The zero-order valence-corrected chi connectivity index (χ0v) is 17.2. The highest BCUT2D eigenvalue weighted by molar-refractivity contribution is 5.96. The molecule has 2 aromatic rings. The van der Waals surface area contributed by atoms with Gasteiger partial charge in [-0.1, -0.05) is 38.8 Å². The van der Waals surface area contributed by atoms with E-state index in [1.54, 1.807) is 36.4 Å². The fourth-order valence-corrected chi connectivity index (χ4v) is 3.61. The van der Waals surface area contributed by atoms with Gasteiger partial charge in [-0.2, -0.15) is 5.11 Å². The van der Waals surface area contributed by atoms with Crippen molar-refractivity contribution in [1.82, 2.24) is 5.32 Å². The largest absolute Gasteiger partial charge is 0.508 e. The van der Waals surface area contributed by atoms with Gasteiger partial charge in [-0.15, -0.1) is 5.11 Å². The van der Waals surface area contributed by atoms with Crippen molar-refractivity contribution in [2.24, 2.45) is 22.1 Å². The lowest BCUT2D eigenvalue weighted by Gasteiger charge is -2.34. The molecule has 158 valence electrons. The number of aromatic hydroxyl groups is 1. The summed E-state index contributed by atoms with van der Waals surface area (Å²) in [5, 5.41) is 20.5. The molecule has 0 aromatic heterocycles. The van der Waals surface area contributed by atoms with Crippen molar-refractivity contribution >= 4 is 23.3 Å². The number of hydrogen-bond donors (Lipinski definition) is 2. The predicted octanol–water partition coefficient (Wildman–Crippen LogP) is 4.91. The predicted molar refractivity (Wildman–Crippen MR) is 113 cm³/mol. The van der Waals surface area contributed by atoms with Gasteiger partial charge in [0.25, 0.3) is 5.91 Å². The molecule has 0 aliphatic heterocycles. The van der Waals surface area contributed by atoms with E-state index in [0.29, 0.717) is 23.2 Å². The number of amides is 1. The normalized spacial score (nSPS) is 21.3. The maximum absolute atomic E-state index is 12.5. The standard InChI is InChI=1S/C23H27N3O4/c1-15-6-5-9-20(16(15)2)24-22(28)14-30-23(29)19-7-3-4-8-21(19)26-25-17-10-12-18(27)13-11-17/h3-4,7-8,10-13,15-16,20,27H,5-6,9,14H2,1-2H3,(H,24,28)/t15-,16+,20-/m0/s1. The van der Waals surface area contributed by atoms with Gasteiger partial charge in [0, 0.05) is 6.04 Å². The van der Waals surface area contributed by atoms with Crippen LogP contribution in [0.3, 0.4) is 0 Å². The Balaban J connectivity index is 1.59. The van der Waals surface area contributed by atoms with Gasteiger partial charge in [0.05, 0.1) is 11.3 Å². The molecular formula is C23H27N3O4. The zero-order valence-electron chi connectivity index (χ0n) is 17.2. The Bertz CT molecular complexity index is 911. The molecule has 0 unspecified atom stereocenters. The number of rotatable bonds is 6. The summed E-state index contributed by atoms with van der Waals surface area (Å²) in [5.41, 5.74) is 1.10. The molecule has 2 aromatic carbocycles. The second-order valence-corrected chi connectivity index (χ2v) is 7.75. The molecular weight excluding hydrogens is 382 g/mol. The van der Waals surface area contributed by atoms with Crippen molar-refractivity contribution in [2.45, 2.75) is 39.2 Å². The van der Waals surface area contributed by atoms with Crippen molar-refractivity contribution in [1.29, 1.82) is 0 Å². The summed E-state index contributed by atoms with van der Waals surface area (Å²) in [6.07, 6.45) is 3.22. The summed E-state index contributed by atoms with van der Waals surface area (Å²) in [7, 11) is 0. The van der Waals surface area contributed by atoms with Crippen LogP contribution >= 0.6 is 0 Å². The van der Waals surface area contributed by atoms with Crippen LogP contribution in [-0.2, 0) is 9.53 Å². The van der Waals surface area contributed by atoms with Crippen LogP contribution in [0.15, 0.2) is 58.8 Å². The highest BCUT2D eigenvalue weighted by Gasteiger charge is 2.28. The average molecular weight is 409 g/mol. The molecule has 30 heavy (non-hydrogen) atoms. The molecule has 0 heterocycles. The molecule has 0 bridgehead atoms. The number of carbonyl (C=O) groups excluding carboxylic acids is 2. The van der Waals surface area contributed by atoms with Gasteiger partial charge < -0.3 is 15.2 Å². The topological polar surface area (TPSA) is 100 Å². The minimum atomic E-state index is -0.629. The maximum Gasteiger partial charge on any atom is 0.340 e. The summed E-state index contributed by atoms with van der Waals surface area (Å²) >= 11 is 0. The molecule has 1 amide bonds. The van der Waals surface area contributed by atoms with E-state index in [1.165, 1.54) is 18.6 Å². The smallest absolute Gasteiger partial charge is 0.340 e. The quantitative estimate of drug-likeness (QED) is 0.523. The summed E-state index contributed by atoms with van der Waals surface area (Å²) in [4.78, 5) is 24.8. The average Bonchev–Trinajstić information content (AvgIpc) is 2.75. The van der Waals surface area contributed by atoms with Crippen LogP contribution in [0.4, 0.5) is 11.4 Å². The fraction of sp³-hybridized carbons (Fsp3) is 0.391. The van der Waals surface area contributed by atoms with Crippen LogP contribution in [0.1, 0.15) is 43.5 Å². The SMILES string of the molecule is C[C@H]1[C@@H](NC(=O)COC(=O)c2ccccc2N=Nc2ccc(O)cc2)CCC[C@@H]1C. The van der Waals surface area contributed by atoms with Crippen LogP contribution < -0.4 is 5.32 Å². The minimum Gasteiger partial charge on any atom is -0.508 e. The maximum atomic E-state index is 12.5. The first-order valence-electron chi connectivity index (χ1n) is 10.2. The second-order valence-electron chi connectivity index (χ2n) is 7.75. The molecule has 0 radical (unpaired) electrons. The molecule has 0 saturated heterocycles. The van der Waals surface area contributed by atoms with Gasteiger partial charge in [0.2, 0.25) is 0 Å². The van der Waals surface area contributed by atoms with E-state index in [4.69, 9.17) is 4.74 Å². The van der Waals surface area contributed by atoms with Crippen LogP contribution in [-0.4, -0.2) is 29.6 Å². The molecule has 1 aliphatic rings. The zero-order chi connectivity index (χ0) is 21.5. The number of nitrogens with one attached hydrogen (secondary N) is 1. The van der Waals surface area contributed by atoms with Gasteiger partial charge in [0.1, 0.15) is 11.4 Å². The first-order chi connectivity index (χ1) is 14.4. The number of phenols is 1. The third-order valence-corrected chi connectivity index (χ3v) is 5.63. The number of phenolic OH excluding ortho intramolecular Hbond substituents is 1. The Morgan fingerprint density at radius 3 is 2.57 bits per heavy atom. The van der Waals surface area contributed by atoms with E-state index in [1.807, 2.05) is 0 Å². The Hall–Kier alpha value is -3.22. The number of esters is 1. The molecule has 7 nitrogen and oxygen atoms in total. The fourth-order valence-electron chi connectivity index (χ4n) is 3.61. The molecule has 1 fully saturated rings. The number of azo groups is 1. The van der Waals surface area contributed by atoms with E-state index in [2.05, 4.69) is 29.4 Å². The van der Waals surface area contributed by atoms with E-state index in [0.717, 1.165) is 12.8 Å². The molecule has 3 atom stereocenters. The Labute approximate surface area is 176 Å². The third-order valence-electron chi connectivity index (χ3n) is 5.63. The number of benzene rings is 2. The number of carbonyl (C=O) groups is 2. The summed E-state index contributed by atoms with van der Waals surface area (Å²) in [6.45, 7) is 4.02. The highest BCUT2D eigenvalue weighted by Crippen LogP contribution is 2.29. The van der Waals surface area contributed by atoms with Crippen molar-refractivity contribution in [2.75, 3.05) is 6.61 Å². The van der Waals surface area contributed by atoms with E-state index >= 15 is 0 Å². The Morgan fingerprint density at radius 2 is 1.80 bits per heavy atom. The summed E-state index contributed by atoms with van der Waals surface area (Å²) in [5.74, 6) is 0.179. The molecule has 0 spiro atoms. The number of hydrogen-bond acceptors (Lipinski definition) is 6. The van der Waals surface area contributed by atoms with Gasteiger partial charge in [-0.25, -0.2) is 4.79 Å². The van der Waals surface area contributed by atoms with E-state index in [9.17, 15) is 14.7 Å². The van der Waals surface area contributed by atoms with Gasteiger partial charge in [-0.3, -0.25) is 4.79 Å². The molecule has 1 aliphatic carbocycles.